The number of carbonyl (C=O) groups excluding carboxylic acids is 3. The summed E-state index contributed by atoms with van der Waals surface area (Å²) in [6.45, 7) is 12.5. The molecule has 0 aliphatic rings. The molecule has 0 saturated carbocycles. The summed E-state index contributed by atoms with van der Waals surface area (Å²) in [7, 11) is 0. The number of alkyl carbamates (subject to hydrolysis) is 1. The fourth-order valence-corrected chi connectivity index (χ4v) is 3.94. The molecule has 204 valence electrons. The third-order valence-electron chi connectivity index (χ3n) is 5.53. The van der Waals surface area contributed by atoms with Crippen LogP contribution in [0, 0.1) is 12.3 Å². The molecule has 0 saturated heterocycles. The Labute approximate surface area is 225 Å². The van der Waals surface area contributed by atoms with E-state index in [1.165, 1.54) is 17.0 Å². The largest absolute Gasteiger partial charge is 0.508 e. The highest BCUT2D eigenvalue weighted by Crippen LogP contribution is 2.26. The lowest BCUT2D eigenvalue weighted by atomic mass is 9.98. The van der Waals surface area contributed by atoms with Crippen LogP contribution in [0.3, 0.4) is 0 Å². The number of nitrogens with zero attached hydrogens (tertiary/aromatic N) is 1. The molecule has 0 heterocycles. The molecular weight excluding hydrogens is 482 g/mol. The maximum absolute atomic E-state index is 14.2. The molecular formula is C30H39N3O5. The summed E-state index contributed by atoms with van der Waals surface area (Å²) in [5, 5.41) is 15.3. The topological polar surface area (TPSA) is 108 Å². The predicted octanol–water partition coefficient (Wildman–Crippen LogP) is 4.31. The zero-order valence-electron chi connectivity index (χ0n) is 23.2. The number of nitrogens with one attached hydrogen (secondary N) is 2. The Bertz CT molecular complexity index is 1140. The van der Waals surface area contributed by atoms with Gasteiger partial charge in [-0.1, -0.05) is 30.2 Å². The Morgan fingerprint density at radius 1 is 0.974 bits per heavy atom. The van der Waals surface area contributed by atoms with E-state index in [0.29, 0.717) is 16.7 Å². The van der Waals surface area contributed by atoms with Gasteiger partial charge in [0.25, 0.3) is 0 Å². The van der Waals surface area contributed by atoms with Gasteiger partial charge in [0, 0.05) is 24.1 Å². The highest BCUT2D eigenvalue weighted by molar-refractivity contribution is 5.92. The van der Waals surface area contributed by atoms with Crippen LogP contribution in [0.5, 0.6) is 5.75 Å². The van der Waals surface area contributed by atoms with E-state index in [4.69, 9.17) is 11.2 Å². The van der Waals surface area contributed by atoms with Crippen LogP contribution < -0.4 is 10.6 Å². The molecule has 8 heteroatoms. The van der Waals surface area contributed by atoms with Gasteiger partial charge in [-0.3, -0.25) is 9.59 Å². The molecule has 3 amide bonds. The van der Waals surface area contributed by atoms with Gasteiger partial charge in [0.2, 0.25) is 11.8 Å². The van der Waals surface area contributed by atoms with Crippen molar-refractivity contribution >= 4 is 17.9 Å². The minimum atomic E-state index is -1.05. The summed E-state index contributed by atoms with van der Waals surface area (Å²) >= 11 is 0. The molecule has 0 radical (unpaired) electrons. The molecule has 3 N–H and O–H groups in total. The first-order valence-electron chi connectivity index (χ1n) is 12.7. The van der Waals surface area contributed by atoms with E-state index < -0.39 is 35.7 Å². The summed E-state index contributed by atoms with van der Waals surface area (Å²) in [4.78, 5) is 41.9. The number of amides is 3. The lowest BCUT2D eigenvalue weighted by Crippen LogP contribution is -2.56. The number of carbonyl (C=O) groups is 3. The lowest BCUT2D eigenvalue weighted by molar-refractivity contribution is -0.144. The first-order chi connectivity index (χ1) is 17.7. The Morgan fingerprint density at radius 3 is 2.03 bits per heavy atom. The van der Waals surface area contributed by atoms with Crippen molar-refractivity contribution in [1.82, 2.24) is 15.5 Å². The maximum Gasteiger partial charge on any atom is 0.408 e. The number of phenolic OH excluding ortho intramolecular Hbond substituents is 1. The molecule has 2 rings (SSSR count). The maximum atomic E-state index is 14.2. The van der Waals surface area contributed by atoms with E-state index in [2.05, 4.69) is 16.6 Å². The zero-order chi connectivity index (χ0) is 28.6. The van der Waals surface area contributed by atoms with Crippen LogP contribution >= 0.6 is 0 Å². The van der Waals surface area contributed by atoms with Crippen LogP contribution in [0.2, 0.25) is 0 Å². The molecule has 2 aromatic carbocycles. The molecule has 0 aromatic heterocycles. The molecule has 2 aromatic rings. The first-order valence-corrected chi connectivity index (χ1v) is 12.7. The highest BCUT2D eigenvalue weighted by atomic mass is 16.6. The van der Waals surface area contributed by atoms with Crippen LogP contribution in [0.4, 0.5) is 4.79 Å². The van der Waals surface area contributed by atoms with E-state index in [1.807, 2.05) is 27.7 Å². The number of hydrogen-bond acceptors (Lipinski definition) is 5. The van der Waals surface area contributed by atoms with Gasteiger partial charge in [-0.25, -0.2) is 4.79 Å². The van der Waals surface area contributed by atoms with Crippen molar-refractivity contribution in [3.63, 3.8) is 0 Å². The average molecular weight is 522 g/mol. The standard InChI is InChI=1S/C30H39N3O5/c1-9-21-10-14-23(15-11-21)26(27(35)31-19(2)3)33(20(4)5)28(36)25(32-29(37)38-30(6,7)8)18-22-12-16-24(34)17-13-22/h1,10-17,19-20,25-26,34H,18H2,2-8H3,(H,31,35)(H,32,37). The molecule has 0 fully saturated rings. The van der Waals surface area contributed by atoms with Crippen molar-refractivity contribution in [2.75, 3.05) is 0 Å². The number of aromatic hydroxyl groups is 1. The third kappa shape index (κ3) is 8.84. The van der Waals surface area contributed by atoms with Gasteiger partial charge in [0.1, 0.15) is 23.4 Å². The van der Waals surface area contributed by atoms with Gasteiger partial charge in [-0.15, -0.1) is 6.42 Å². The molecule has 0 aliphatic heterocycles. The van der Waals surface area contributed by atoms with E-state index in [-0.39, 0.29) is 24.1 Å². The van der Waals surface area contributed by atoms with Crippen molar-refractivity contribution < 1.29 is 24.2 Å². The third-order valence-corrected chi connectivity index (χ3v) is 5.53. The van der Waals surface area contributed by atoms with E-state index in [0.717, 1.165) is 0 Å². The number of phenols is 1. The van der Waals surface area contributed by atoms with Crippen molar-refractivity contribution in [1.29, 1.82) is 0 Å². The first kappa shape index (κ1) is 30.2. The van der Waals surface area contributed by atoms with Gasteiger partial charge in [0.05, 0.1) is 0 Å². The van der Waals surface area contributed by atoms with Crippen LogP contribution in [0.1, 0.15) is 71.2 Å². The summed E-state index contributed by atoms with van der Waals surface area (Å²) < 4.78 is 5.43. The number of hydrogen-bond donors (Lipinski definition) is 3. The SMILES string of the molecule is C#Cc1ccc(C(C(=O)NC(C)C)N(C(=O)C(Cc2ccc(O)cc2)NC(=O)OC(C)(C)C)C(C)C)cc1. The normalized spacial score (nSPS) is 12.8. The summed E-state index contributed by atoms with van der Waals surface area (Å²) in [5.41, 5.74) is 1.18. The highest BCUT2D eigenvalue weighted by Gasteiger charge is 2.38. The summed E-state index contributed by atoms with van der Waals surface area (Å²) in [6.07, 6.45) is 4.88. The quantitative estimate of drug-likeness (QED) is 0.426. The molecule has 8 nitrogen and oxygen atoms in total. The van der Waals surface area contributed by atoms with Crippen molar-refractivity contribution in [2.45, 2.75) is 84.7 Å². The molecule has 2 unspecified atom stereocenters. The van der Waals surface area contributed by atoms with Gasteiger partial charge < -0.3 is 25.4 Å². The molecule has 0 aliphatic carbocycles. The van der Waals surface area contributed by atoms with Gasteiger partial charge >= 0.3 is 6.09 Å². The Balaban J connectivity index is 2.55. The minimum absolute atomic E-state index is 0.0846. The predicted molar refractivity (Wildman–Crippen MR) is 147 cm³/mol. The van der Waals surface area contributed by atoms with Gasteiger partial charge in [0.15, 0.2) is 0 Å². The zero-order valence-corrected chi connectivity index (χ0v) is 23.2. The van der Waals surface area contributed by atoms with Crippen LogP contribution in [0.25, 0.3) is 0 Å². The van der Waals surface area contributed by atoms with Crippen molar-refractivity contribution in [2.24, 2.45) is 0 Å². The second-order valence-corrected chi connectivity index (χ2v) is 10.7. The second kappa shape index (κ2) is 13.0. The monoisotopic (exact) mass is 521 g/mol. The Morgan fingerprint density at radius 2 is 1.55 bits per heavy atom. The van der Waals surface area contributed by atoms with E-state index >= 15 is 0 Å². The smallest absolute Gasteiger partial charge is 0.408 e. The molecule has 38 heavy (non-hydrogen) atoms. The number of ether oxygens (including phenoxy) is 1. The number of benzene rings is 2. The fourth-order valence-electron chi connectivity index (χ4n) is 3.94. The van der Waals surface area contributed by atoms with Crippen molar-refractivity contribution in [3.05, 3.63) is 65.2 Å². The average Bonchev–Trinajstić information content (AvgIpc) is 2.81. The Kier molecular flexibility index (Phi) is 10.3. The van der Waals surface area contributed by atoms with Crippen LogP contribution in [0.15, 0.2) is 48.5 Å². The number of rotatable bonds is 9. The molecule has 2 atom stereocenters. The van der Waals surface area contributed by atoms with Crippen LogP contribution in [-0.4, -0.2) is 51.6 Å². The van der Waals surface area contributed by atoms with Crippen LogP contribution in [-0.2, 0) is 20.7 Å². The van der Waals surface area contributed by atoms with Crippen molar-refractivity contribution in [3.8, 4) is 18.1 Å². The lowest BCUT2D eigenvalue weighted by Gasteiger charge is -2.37. The minimum Gasteiger partial charge on any atom is -0.508 e. The molecule has 0 spiro atoms. The van der Waals surface area contributed by atoms with E-state index in [1.54, 1.807) is 57.2 Å². The van der Waals surface area contributed by atoms with Gasteiger partial charge in [-0.2, -0.15) is 0 Å². The fraction of sp³-hybridized carbons (Fsp3) is 0.433. The molecule has 0 bridgehead atoms. The Hall–Kier alpha value is -3.99. The van der Waals surface area contributed by atoms with E-state index in [9.17, 15) is 19.5 Å². The summed E-state index contributed by atoms with van der Waals surface area (Å²) in [6, 6.07) is 10.7. The second-order valence-electron chi connectivity index (χ2n) is 10.7. The van der Waals surface area contributed by atoms with Gasteiger partial charge in [-0.05, 0) is 83.9 Å². The number of terminal acetylenes is 1. The summed E-state index contributed by atoms with van der Waals surface area (Å²) in [5.74, 6) is 1.84.